The second-order valence-electron chi connectivity index (χ2n) is 6.04. The molecule has 1 amide bonds. The summed E-state index contributed by atoms with van der Waals surface area (Å²) in [5.74, 6) is -0.0912. The first-order chi connectivity index (χ1) is 12.1. The number of piperazine rings is 2. The molecule has 2 aliphatic heterocycles. The number of amides is 1. The maximum Gasteiger partial charge on any atom is 0.252 e. The normalized spacial score (nSPS) is 22.4. The van der Waals surface area contributed by atoms with Crippen LogP contribution in [0.2, 0.25) is 0 Å². The van der Waals surface area contributed by atoms with E-state index in [-0.39, 0.29) is 16.7 Å². The average molecular weight is 378 g/mol. The molecule has 132 valence electrons. The highest BCUT2D eigenvalue weighted by molar-refractivity contribution is 7.91. The van der Waals surface area contributed by atoms with Gasteiger partial charge < -0.3 is 5.32 Å². The number of rotatable bonds is 3. The van der Waals surface area contributed by atoms with Gasteiger partial charge in [0.15, 0.2) is 0 Å². The highest BCUT2D eigenvalue weighted by Gasteiger charge is 2.39. The molecule has 0 spiro atoms. The van der Waals surface area contributed by atoms with Crippen molar-refractivity contribution in [1.82, 2.24) is 19.5 Å². The van der Waals surface area contributed by atoms with Gasteiger partial charge >= 0.3 is 0 Å². The van der Waals surface area contributed by atoms with Crippen molar-refractivity contribution in [2.45, 2.75) is 10.3 Å². The second-order valence-corrected chi connectivity index (χ2v) is 9.29. The monoisotopic (exact) mass is 378 g/mol. The van der Waals surface area contributed by atoms with Gasteiger partial charge in [0.2, 0.25) is 5.91 Å². The van der Waals surface area contributed by atoms with Crippen molar-refractivity contribution in [3.8, 4) is 10.6 Å². The third-order valence-corrected chi connectivity index (χ3v) is 7.99. The Labute approximate surface area is 150 Å². The number of pyridine rings is 1. The minimum absolute atomic E-state index is 0.0912. The van der Waals surface area contributed by atoms with Crippen LogP contribution in [0, 0.1) is 0 Å². The lowest BCUT2D eigenvalue weighted by Gasteiger charge is -2.42. The summed E-state index contributed by atoms with van der Waals surface area (Å²) in [6, 6.07) is 8.56. The van der Waals surface area contributed by atoms with Crippen LogP contribution in [-0.4, -0.2) is 67.3 Å². The fourth-order valence-electron chi connectivity index (χ4n) is 3.20. The van der Waals surface area contributed by atoms with Gasteiger partial charge in [-0.15, -0.1) is 11.3 Å². The molecule has 4 heterocycles. The Kier molecular flexibility index (Phi) is 4.32. The van der Waals surface area contributed by atoms with Crippen molar-refractivity contribution in [3.63, 3.8) is 0 Å². The van der Waals surface area contributed by atoms with Gasteiger partial charge in [-0.05, 0) is 24.3 Å². The van der Waals surface area contributed by atoms with E-state index < -0.39 is 16.1 Å². The van der Waals surface area contributed by atoms with Crippen LogP contribution < -0.4 is 5.32 Å². The molecule has 1 atom stereocenters. The van der Waals surface area contributed by atoms with Crippen molar-refractivity contribution < 1.29 is 13.2 Å². The quantitative estimate of drug-likeness (QED) is 0.846. The van der Waals surface area contributed by atoms with Crippen molar-refractivity contribution in [3.05, 3.63) is 36.5 Å². The number of aromatic nitrogens is 1. The Bertz CT molecular complexity index is 882. The Morgan fingerprint density at radius 1 is 1.16 bits per heavy atom. The van der Waals surface area contributed by atoms with E-state index in [1.807, 2.05) is 18.2 Å². The van der Waals surface area contributed by atoms with Crippen molar-refractivity contribution >= 4 is 27.3 Å². The summed E-state index contributed by atoms with van der Waals surface area (Å²) >= 11 is 1.21. The van der Waals surface area contributed by atoms with Crippen LogP contribution >= 0.6 is 11.3 Å². The predicted molar refractivity (Wildman–Crippen MR) is 94.7 cm³/mol. The molecule has 2 fully saturated rings. The highest BCUT2D eigenvalue weighted by Crippen LogP contribution is 2.32. The lowest BCUT2D eigenvalue weighted by atomic mass is 10.1. The van der Waals surface area contributed by atoms with E-state index >= 15 is 0 Å². The van der Waals surface area contributed by atoms with E-state index in [1.165, 1.54) is 15.6 Å². The van der Waals surface area contributed by atoms with Gasteiger partial charge in [-0.25, -0.2) is 8.42 Å². The molecule has 0 aliphatic carbocycles. The molecule has 2 aliphatic rings. The fraction of sp³-hybridized carbons (Fsp3) is 0.375. The van der Waals surface area contributed by atoms with Gasteiger partial charge in [0, 0.05) is 38.9 Å². The van der Waals surface area contributed by atoms with Crippen LogP contribution in [0.5, 0.6) is 0 Å². The number of nitrogens with zero attached hydrogens (tertiary/aromatic N) is 3. The Morgan fingerprint density at radius 2 is 2.04 bits per heavy atom. The summed E-state index contributed by atoms with van der Waals surface area (Å²) in [5, 5.41) is 2.81. The number of thiophene rings is 1. The molecule has 0 saturated carbocycles. The maximum absolute atomic E-state index is 13.0. The van der Waals surface area contributed by atoms with Crippen LogP contribution in [0.1, 0.15) is 0 Å². The SMILES string of the molecule is O=C1NCCN2CCN(S(=O)(=O)c3ccc(-c4ccccn4)s3)CC12. The Morgan fingerprint density at radius 3 is 2.84 bits per heavy atom. The third kappa shape index (κ3) is 3.08. The van der Waals surface area contributed by atoms with Crippen LogP contribution in [0.3, 0.4) is 0 Å². The predicted octanol–water partition coefficient (Wildman–Crippen LogP) is 0.615. The van der Waals surface area contributed by atoms with Gasteiger partial charge in [-0.3, -0.25) is 14.7 Å². The summed E-state index contributed by atoms with van der Waals surface area (Å²) < 4.78 is 27.7. The first-order valence-corrected chi connectivity index (χ1v) is 10.3. The molecular weight excluding hydrogens is 360 g/mol. The molecule has 1 unspecified atom stereocenters. The molecule has 0 aromatic carbocycles. The van der Waals surface area contributed by atoms with Crippen LogP contribution in [0.25, 0.3) is 10.6 Å². The number of sulfonamides is 1. The van der Waals surface area contributed by atoms with E-state index in [0.717, 1.165) is 17.1 Å². The highest BCUT2D eigenvalue weighted by atomic mass is 32.2. The second kappa shape index (κ2) is 6.49. The van der Waals surface area contributed by atoms with E-state index in [4.69, 9.17) is 0 Å². The van der Waals surface area contributed by atoms with Gasteiger partial charge in [-0.2, -0.15) is 4.31 Å². The van der Waals surface area contributed by atoms with Gasteiger partial charge in [0.05, 0.1) is 10.6 Å². The molecule has 9 heteroatoms. The number of hydrogen-bond acceptors (Lipinski definition) is 6. The van der Waals surface area contributed by atoms with Gasteiger partial charge in [0.25, 0.3) is 10.0 Å². The summed E-state index contributed by atoms with van der Waals surface area (Å²) in [6.45, 7) is 2.58. The fourth-order valence-corrected chi connectivity index (χ4v) is 6.08. The van der Waals surface area contributed by atoms with E-state index in [0.29, 0.717) is 19.6 Å². The lowest BCUT2D eigenvalue weighted by molar-refractivity contribution is -0.130. The molecule has 0 radical (unpaired) electrons. The molecule has 0 bridgehead atoms. The molecule has 4 rings (SSSR count). The standard InChI is InChI=1S/C16H18N4O3S2/c21-16-13-11-20(10-9-19(13)8-7-18-16)25(22,23)15-5-4-14(24-15)12-3-1-2-6-17-12/h1-6,13H,7-11H2,(H,18,21). The molecular formula is C16H18N4O3S2. The van der Waals surface area contributed by atoms with Crippen molar-refractivity contribution in [2.75, 3.05) is 32.7 Å². The summed E-state index contributed by atoms with van der Waals surface area (Å²) in [6.07, 6.45) is 1.68. The van der Waals surface area contributed by atoms with E-state index in [1.54, 1.807) is 18.3 Å². The number of fused-ring (bicyclic) bond motifs is 1. The summed E-state index contributed by atoms with van der Waals surface area (Å²) in [5.41, 5.74) is 0.755. The zero-order chi connectivity index (χ0) is 17.4. The number of hydrogen-bond donors (Lipinski definition) is 1. The number of nitrogens with one attached hydrogen (secondary N) is 1. The zero-order valence-electron chi connectivity index (χ0n) is 13.5. The van der Waals surface area contributed by atoms with Crippen molar-refractivity contribution in [1.29, 1.82) is 0 Å². The number of carbonyl (C=O) groups is 1. The van der Waals surface area contributed by atoms with Gasteiger partial charge in [-0.1, -0.05) is 6.07 Å². The molecule has 2 aromatic rings. The molecule has 1 N–H and O–H groups in total. The molecule has 2 saturated heterocycles. The summed E-state index contributed by atoms with van der Waals surface area (Å²) in [4.78, 5) is 19.2. The van der Waals surface area contributed by atoms with E-state index in [9.17, 15) is 13.2 Å². The summed E-state index contributed by atoms with van der Waals surface area (Å²) in [7, 11) is -3.61. The molecule has 7 nitrogen and oxygen atoms in total. The Hall–Kier alpha value is -1.81. The largest absolute Gasteiger partial charge is 0.353 e. The maximum atomic E-state index is 13.0. The van der Waals surface area contributed by atoms with Crippen LogP contribution in [0.15, 0.2) is 40.7 Å². The van der Waals surface area contributed by atoms with Crippen molar-refractivity contribution in [2.24, 2.45) is 0 Å². The smallest absolute Gasteiger partial charge is 0.252 e. The average Bonchev–Trinajstić information content (AvgIpc) is 3.13. The Balaban J connectivity index is 1.58. The van der Waals surface area contributed by atoms with E-state index in [2.05, 4.69) is 15.2 Å². The lowest BCUT2D eigenvalue weighted by Crippen LogP contribution is -2.64. The van der Waals surface area contributed by atoms with Gasteiger partial charge in [0.1, 0.15) is 10.3 Å². The minimum atomic E-state index is -3.61. The first kappa shape index (κ1) is 16.6. The minimum Gasteiger partial charge on any atom is -0.353 e. The zero-order valence-corrected chi connectivity index (χ0v) is 15.1. The van der Waals surface area contributed by atoms with Crippen LogP contribution in [-0.2, 0) is 14.8 Å². The molecule has 25 heavy (non-hydrogen) atoms. The number of carbonyl (C=O) groups excluding carboxylic acids is 1. The van der Waals surface area contributed by atoms with Crippen LogP contribution in [0.4, 0.5) is 0 Å². The molecule has 2 aromatic heterocycles. The third-order valence-electron chi connectivity index (χ3n) is 4.55. The first-order valence-electron chi connectivity index (χ1n) is 8.09. The topological polar surface area (TPSA) is 82.6 Å².